The number of rotatable bonds is 1. The normalized spacial score (nSPS) is 10.8. The van der Waals surface area contributed by atoms with Gasteiger partial charge in [0.25, 0.3) is 0 Å². The van der Waals surface area contributed by atoms with Crippen LogP contribution in [0.3, 0.4) is 0 Å². The monoisotopic (exact) mass is 256 g/mol. The smallest absolute Gasteiger partial charge is 0.155 e. The Bertz CT molecular complexity index is 755. The quantitative estimate of drug-likeness (QED) is 0.696. The van der Waals surface area contributed by atoms with Gasteiger partial charge in [0.15, 0.2) is 5.82 Å². The molecule has 2 aromatic heterocycles. The summed E-state index contributed by atoms with van der Waals surface area (Å²) in [5.41, 5.74) is 5.95. The molecule has 3 rings (SSSR count). The molecule has 0 saturated heterocycles. The molecule has 0 aliphatic heterocycles. The average molecular weight is 256 g/mol. The first-order valence-electron chi connectivity index (χ1n) is 5.52. The van der Waals surface area contributed by atoms with Gasteiger partial charge < -0.3 is 10.8 Å². The Kier molecular flexibility index (Phi) is 2.49. The zero-order valence-electron chi connectivity index (χ0n) is 9.71. The number of hydrogen-bond donors (Lipinski definition) is 2. The van der Waals surface area contributed by atoms with Crippen molar-refractivity contribution in [3.05, 3.63) is 42.5 Å². The lowest BCUT2D eigenvalue weighted by atomic mass is 10.0. The third-order valence-electron chi connectivity index (χ3n) is 2.84. The third-order valence-corrected chi connectivity index (χ3v) is 2.84. The molecule has 0 saturated carbocycles. The number of aromatic hydroxyl groups is 1. The van der Waals surface area contributed by atoms with Gasteiger partial charge in [0.2, 0.25) is 0 Å². The average Bonchev–Trinajstić information content (AvgIpc) is 2.41. The van der Waals surface area contributed by atoms with Gasteiger partial charge >= 0.3 is 0 Å². The van der Waals surface area contributed by atoms with E-state index in [1.165, 1.54) is 24.4 Å². The lowest BCUT2D eigenvalue weighted by Crippen LogP contribution is -1.99. The molecule has 0 aliphatic rings. The van der Waals surface area contributed by atoms with Crippen LogP contribution < -0.4 is 5.73 Å². The number of nitrogen functional groups attached to an aromatic ring is 1. The fourth-order valence-electron chi connectivity index (χ4n) is 1.95. The van der Waals surface area contributed by atoms with Crippen LogP contribution in [0.4, 0.5) is 10.2 Å². The predicted molar refractivity (Wildman–Crippen MR) is 68.8 cm³/mol. The second-order valence-electron chi connectivity index (χ2n) is 3.99. The van der Waals surface area contributed by atoms with Crippen molar-refractivity contribution < 1.29 is 9.50 Å². The first-order valence-corrected chi connectivity index (χ1v) is 5.52. The standard InChI is InChI=1S/C13H9FN4O/c14-9-2-1-3-10(19)11(9)12-7-4-5-16-6-8(7)13(15)18-17-12/h1-6,19H,(H2,15,18). The number of anilines is 1. The number of nitrogens with zero attached hydrogens (tertiary/aromatic N) is 3. The zero-order valence-corrected chi connectivity index (χ0v) is 9.71. The molecule has 19 heavy (non-hydrogen) atoms. The summed E-state index contributed by atoms with van der Waals surface area (Å²) in [6.45, 7) is 0. The Morgan fingerprint density at radius 1 is 1.11 bits per heavy atom. The first kappa shape index (κ1) is 11.3. The van der Waals surface area contributed by atoms with Crippen molar-refractivity contribution in [2.24, 2.45) is 0 Å². The second-order valence-corrected chi connectivity index (χ2v) is 3.99. The number of nitrogens with two attached hydrogens (primary N) is 1. The molecule has 0 amide bonds. The van der Waals surface area contributed by atoms with Crippen LogP contribution in [0.15, 0.2) is 36.7 Å². The SMILES string of the molecule is Nc1nnc(-c2c(O)cccc2F)c2ccncc12. The minimum atomic E-state index is -0.572. The van der Waals surface area contributed by atoms with Crippen LogP contribution in [0.5, 0.6) is 5.75 Å². The number of halogens is 1. The molecular formula is C13H9FN4O. The van der Waals surface area contributed by atoms with Gasteiger partial charge in [0, 0.05) is 23.2 Å². The molecule has 94 valence electrons. The zero-order chi connectivity index (χ0) is 13.4. The third kappa shape index (κ3) is 1.74. The van der Waals surface area contributed by atoms with E-state index in [9.17, 15) is 9.50 Å². The van der Waals surface area contributed by atoms with Gasteiger partial charge in [-0.2, -0.15) is 0 Å². The minimum absolute atomic E-state index is 0.00574. The largest absolute Gasteiger partial charge is 0.507 e. The maximum atomic E-state index is 13.9. The highest BCUT2D eigenvalue weighted by atomic mass is 19.1. The van der Waals surface area contributed by atoms with E-state index >= 15 is 0 Å². The molecule has 2 heterocycles. The van der Waals surface area contributed by atoms with Crippen LogP contribution >= 0.6 is 0 Å². The van der Waals surface area contributed by atoms with Crippen molar-refractivity contribution in [1.82, 2.24) is 15.2 Å². The first-order chi connectivity index (χ1) is 9.18. The maximum Gasteiger partial charge on any atom is 0.155 e. The van der Waals surface area contributed by atoms with E-state index in [1.54, 1.807) is 12.3 Å². The molecule has 6 heteroatoms. The van der Waals surface area contributed by atoms with E-state index in [0.717, 1.165) is 0 Å². The van der Waals surface area contributed by atoms with E-state index in [4.69, 9.17) is 5.73 Å². The van der Waals surface area contributed by atoms with Crippen molar-refractivity contribution in [2.45, 2.75) is 0 Å². The van der Waals surface area contributed by atoms with Crippen molar-refractivity contribution >= 4 is 16.6 Å². The van der Waals surface area contributed by atoms with Gasteiger partial charge in [0.05, 0.1) is 5.56 Å². The van der Waals surface area contributed by atoms with Gasteiger partial charge in [-0.05, 0) is 18.2 Å². The summed E-state index contributed by atoms with van der Waals surface area (Å²) in [4.78, 5) is 3.95. The molecule has 0 aliphatic carbocycles. The van der Waals surface area contributed by atoms with Gasteiger partial charge in [-0.3, -0.25) is 4.98 Å². The Hall–Kier alpha value is -2.76. The van der Waals surface area contributed by atoms with Crippen LogP contribution in [0.25, 0.3) is 22.0 Å². The molecule has 0 spiro atoms. The lowest BCUT2D eigenvalue weighted by Gasteiger charge is -2.08. The van der Waals surface area contributed by atoms with Gasteiger partial charge in [-0.25, -0.2) is 4.39 Å². The number of hydrogen-bond acceptors (Lipinski definition) is 5. The van der Waals surface area contributed by atoms with Gasteiger partial charge in [0.1, 0.15) is 17.3 Å². The number of phenols is 1. The van der Waals surface area contributed by atoms with Gasteiger partial charge in [-0.15, -0.1) is 10.2 Å². The van der Waals surface area contributed by atoms with Gasteiger partial charge in [-0.1, -0.05) is 6.07 Å². The van der Waals surface area contributed by atoms with E-state index in [0.29, 0.717) is 10.8 Å². The second kappa shape index (κ2) is 4.16. The summed E-state index contributed by atoms with van der Waals surface area (Å²) in [6, 6.07) is 5.72. The van der Waals surface area contributed by atoms with Crippen LogP contribution in [0, 0.1) is 5.82 Å². The van der Waals surface area contributed by atoms with Crippen LogP contribution in [0.2, 0.25) is 0 Å². The molecule has 0 bridgehead atoms. The topological polar surface area (TPSA) is 84.9 Å². The van der Waals surface area contributed by atoms with Crippen molar-refractivity contribution in [3.8, 4) is 17.0 Å². The van der Waals surface area contributed by atoms with Crippen LogP contribution in [-0.4, -0.2) is 20.3 Å². The van der Waals surface area contributed by atoms with E-state index < -0.39 is 5.82 Å². The van der Waals surface area contributed by atoms with E-state index in [1.807, 2.05) is 0 Å². The van der Waals surface area contributed by atoms with Crippen molar-refractivity contribution in [1.29, 1.82) is 0 Å². The molecule has 5 nitrogen and oxygen atoms in total. The molecule has 0 fully saturated rings. The minimum Gasteiger partial charge on any atom is -0.507 e. The maximum absolute atomic E-state index is 13.9. The Labute approximate surface area is 107 Å². The number of benzene rings is 1. The highest BCUT2D eigenvalue weighted by Crippen LogP contribution is 2.35. The van der Waals surface area contributed by atoms with E-state index in [-0.39, 0.29) is 22.8 Å². The number of phenolic OH excluding ortho intramolecular Hbond substituents is 1. The molecule has 0 radical (unpaired) electrons. The molecule has 3 aromatic rings. The molecule has 0 atom stereocenters. The summed E-state index contributed by atoms with van der Waals surface area (Å²) in [5, 5.41) is 18.6. The summed E-state index contributed by atoms with van der Waals surface area (Å²) < 4.78 is 13.9. The Morgan fingerprint density at radius 3 is 2.74 bits per heavy atom. The Balaban J connectivity index is 2.41. The van der Waals surface area contributed by atoms with Crippen molar-refractivity contribution in [3.63, 3.8) is 0 Å². The summed E-state index contributed by atoms with van der Waals surface area (Å²) in [6.07, 6.45) is 3.07. The molecular weight excluding hydrogens is 247 g/mol. The summed E-state index contributed by atoms with van der Waals surface area (Å²) >= 11 is 0. The molecule has 1 aromatic carbocycles. The number of pyridine rings is 1. The number of fused-ring (bicyclic) bond motifs is 1. The molecule has 0 unspecified atom stereocenters. The highest BCUT2D eigenvalue weighted by molar-refractivity contribution is 5.99. The van der Waals surface area contributed by atoms with Crippen molar-refractivity contribution in [2.75, 3.05) is 5.73 Å². The molecule has 3 N–H and O–H groups in total. The number of aromatic nitrogens is 3. The summed E-state index contributed by atoms with van der Waals surface area (Å²) in [5.74, 6) is -0.558. The fourth-order valence-corrected chi connectivity index (χ4v) is 1.95. The summed E-state index contributed by atoms with van der Waals surface area (Å²) in [7, 11) is 0. The fraction of sp³-hybridized carbons (Fsp3) is 0. The van der Waals surface area contributed by atoms with E-state index in [2.05, 4.69) is 15.2 Å². The lowest BCUT2D eigenvalue weighted by molar-refractivity contribution is 0.471. The Morgan fingerprint density at radius 2 is 1.95 bits per heavy atom. The predicted octanol–water partition coefficient (Wildman–Crippen LogP) is 2.12. The van der Waals surface area contributed by atoms with Crippen LogP contribution in [-0.2, 0) is 0 Å². The van der Waals surface area contributed by atoms with Crippen LogP contribution in [0.1, 0.15) is 0 Å². The highest BCUT2D eigenvalue weighted by Gasteiger charge is 2.16.